The lowest BCUT2D eigenvalue weighted by molar-refractivity contribution is 0.342. The number of rotatable bonds is 9. The maximum atomic E-state index is 15.9. The number of aryl methyl sites for hydroxylation is 1. The fourth-order valence-electron chi connectivity index (χ4n) is 5.70. The molecule has 39 heavy (non-hydrogen) atoms. The van der Waals surface area contributed by atoms with Crippen molar-refractivity contribution in [2.75, 3.05) is 20.6 Å². The topological polar surface area (TPSA) is 6.48 Å². The van der Waals surface area contributed by atoms with E-state index in [0.29, 0.717) is 22.7 Å². The van der Waals surface area contributed by atoms with E-state index in [1.807, 2.05) is 50.2 Å². The molecule has 0 saturated carbocycles. The maximum absolute atomic E-state index is 15.9. The Kier molecular flexibility index (Phi) is 8.37. The van der Waals surface area contributed by atoms with Crippen molar-refractivity contribution in [1.82, 2.24) is 9.80 Å². The zero-order valence-electron chi connectivity index (χ0n) is 23.3. The first kappa shape index (κ1) is 28.6. The molecular weight excluding hydrogens is 510 g/mol. The van der Waals surface area contributed by atoms with Crippen LogP contribution in [0, 0.1) is 18.6 Å². The van der Waals surface area contributed by atoms with Gasteiger partial charge in [-0.15, -0.1) is 0 Å². The summed E-state index contributed by atoms with van der Waals surface area (Å²) in [4.78, 5) is 4.17. The van der Waals surface area contributed by atoms with Gasteiger partial charge < -0.3 is 9.80 Å². The van der Waals surface area contributed by atoms with E-state index in [1.54, 1.807) is 24.3 Å². The Morgan fingerprint density at radius 1 is 1.10 bits per heavy atom. The summed E-state index contributed by atoms with van der Waals surface area (Å²) < 4.78 is 29.8. The first-order valence-corrected chi connectivity index (χ1v) is 13.6. The van der Waals surface area contributed by atoms with Gasteiger partial charge in [0.2, 0.25) is 0 Å². The SMILES string of the molecule is C=Cc1cc(C(=C)N2CCCC2C(=C)N(C)C)c(F)cc1CC(C)(c1ccc(F)cc1)c1ccc(C)cc1Cl. The molecule has 1 fully saturated rings. The van der Waals surface area contributed by atoms with Crippen molar-refractivity contribution in [3.63, 3.8) is 0 Å². The van der Waals surface area contributed by atoms with Crippen LogP contribution in [0.5, 0.6) is 0 Å². The lowest BCUT2D eigenvalue weighted by atomic mass is 9.71. The molecule has 0 N–H and O–H groups in total. The van der Waals surface area contributed by atoms with Gasteiger partial charge in [-0.2, -0.15) is 0 Å². The first-order valence-electron chi connectivity index (χ1n) is 13.3. The standard InChI is InChI=1S/C34H37ClF2N2/c1-8-25-19-29(23(3)39-17-9-10-33(39)24(4)38(6)7)32(37)20-26(25)21-34(5,27-12-14-28(36)15-13-27)30-16-11-22(2)18-31(30)35/h8,11-16,18-20,33H,1,3-4,9-10,17,21H2,2,5-7H3. The van der Waals surface area contributed by atoms with Gasteiger partial charge in [0.1, 0.15) is 11.6 Å². The number of benzene rings is 3. The maximum Gasteiger partial charge on any atom is 0.132 e. The van der Waals surface area contributed by atoms with Crippen LogP contribution in [0.2, 0.25) is 5.02 Å². The van der Waals surface area contributed by atoms with Crippen molar-refractivity contribution in [3.8, 4) is 0 Å². The predicted octanol–water partition coefficient (Wildman–Crippen LogP) is 8.63. The Labute approximate surface area is 236 Å². The number of likely N-dealkylation sites (N-methyl/N-ethyl adjacent to an activating group) is 1. The molecular formula is C34H37ClF2N2. The normalized spacial score (nSPS) is 16.6. The van der Waals surface area contributed by atoms with Gasteiger partial charge >= 0.3 is 0 Å². The summed E-state index contributed by atoms with van der Waals surface area (Å²) in [6.45, 7) is 17.4. The monoisotopic (exact) mass is 546 g/mol. The van der Waals surface area contributed by atoms with E-state index in [9.17, 15) is 4.39 Å². The molecule has 204 valence electrons. The van der Waals surface area contributed by atoms with Gasteiger partial charge in [-0.05, 0) is 84.3 Å². The van der Waals surface area contributed by atoms with E-state index in [-0.39, 0.29) is 17.7 Å². The molecule has 0 aromatic heterocycles. The van der Waals surface area contributed by atoms with Gasteiger partial charge in [-0.3, -0.25) is 0 Å². The minimum Gasteiger partial charge on any atom is -0.380 e. The molecule has 1 aliphatic rings. The Hall–Kier alpha value is -3.37. The van der Waals surface area contributed by atoms with E-state index in [1.165, 1.54) is 12.1 Å². The minimum atomic E-state index is -0.648. The quantitative estimate of drug-likeness (QED) is 0.265. The Balaban J connectivity index is 1.77. The van der Waals surface area contributed by atoms with Crippen LogP contribution in [-0.4, -0.2) is 36.5 Å². The van der Waals surface area contributed by atoms with Crippen molar-refractivity contribution in [3.05, 3.63) is 130 Å². The molecule has 1 aliphatic heterocycles. The van der Waals surface area contributed by atoms with E-state index in [0.717, 1.165) is 52.9 Å². The largest absolute Gasteiger partial charge is 0.380 e. The molecule has 0 bridgehead atoms. The molecule has 0 radical (unpaired) electrons. The summed E-state index contributed by atoms with van der Waals surface area (Å²) >= 11 is 6.77. The number of likely N-dealkylation sites (tertiary alicyclic amines) is 1. The van der Waals surface area contributed by atoms with Gasteiger partial charge in [-0.25, -0.2) is 8.78 Å². The van der Waals surface area contributed by atoms with Crippen molar-refractivity contribution >= 4 is 23.4 Å². The van der Waals surface area contributed by atoms with Gasteiger partial charge in [0, 0.05) is 48.0 Å². The molecule has 2 atom stereocenters. The van der Waals surface area contributed by atoms with Gasteiger partial charge in [0.25, 0.3) is 0 Å². The molecule has 3 aromatic carbocycles. The highest BCUT2D eigenvalue weighted by Gasteiger charge is 2.34. The van der Waals surface area contributed by atoms with Crippen LogP contribution in [0.3, 0.4) is 0 Å². The number of nitrogens with zero attached hydrogens (tertiary/aromatic N) is 2. The second kappa shape index (κ2) is 11.4. The van der Waals surface area contributed by atoms with E-state index >= 15 is 4.39 Å². The number of halogens is 3. The average molecular weight is 547 g/mol. The molecule has 2 unspecified atom stereocenters. The Morgan fingerprint density at radius 3 is 2.41 bits per heavy atom. The van der Waals surface area contributed by atoms with Crippen LogP contribution in [-0.2, 0) is 11.8 Å². The third-order valence-electron chi connectivity index (χ3n) is 8.06. The minimum absolute atomic E-state index is 0.0872. The second-order valence-electron chi connectivity index (χ2n) is 10.9. The van der Waals surface area contributed by atoms with Crippen LogP contribution < -0.4 is 0 Å². The van der Waals surface area contributed by atoms with Crippen molar-refractivity contribution < 1.29 is 8.78 Å². The highest BCUT2D eigenvalue weighted by molar-refractivity contribution is 6.31. The highest BCUT2D eigenvalue weighted by Crippen LogP contribution is 2.41. The van der Waals surface area contributed by atoms with Crippen molar-refractivity contribution in [2.24, 2.45) is 0 Å². The molecule has 1 heterocycles. The lowest BCUT2D eigenvalue weighted by Crippen LogP contribution is -2.34. The third kappa shape index (κ3) is 5.67. The lowest BCUT2D eigenvalue weighted by Gasteiger charge is -2.34. The van der Waals surface area contributed by atoms with E-state index < -0.39 is 5.41 Å². The summed E-state index contributed by atoms with van der Waals surface area (Å²) in [6, 6.07) is 15.9. The molecule has 5 heteroatoms. The third-order valence-corrected chi connectivity index (χ3v) is 8.38. The van der Waals surface area contributed by atoms with Gasteiger partial charge in [0.05, 0.1) is 6.04 Å². The smallest absolute Gasteiger partial charge is 0.132 e. The van der Waals surface area contributed by atoms with Crippen LogP contribution in [0.4, 0.5) is 8.78 Å². The van der Waals surface area contributed by atoms with Crippen LogP contribution in [0.25, 0.3) is 11.8 Å². The summed E-state index contributed by atoms with van der Waals surface area (Å²) in [5, 5.41) is 0.619. The zero-order valence-corrected chi connectivity index (χ0v) is 24.1. The Bertz CT molecular complexity index is 1410. The van der Waals surface area contributed by atoms with Crippen LogP contribution in [0.15, 0.2) is 80.0 Å². The second-order valence-corrected chi connectivity index (χ2v) is 11.3. The predicted molar refractivity (Wildman–Crippen MR) is 161 cm³/mol. The summed E-state index contributed by atoms with van der Waals surface area (Å²) in [7, 11) is 3.95. The summed E-state index contributed by atoms with van der Waals surface area (Å²) in [5.74, 6) is -0.646. The van der Waals surface area contributed by atoms with Crippen molar-refractivity contribution in [2.45, 2.75) is 44.6 Å². The number of hydrogen-bond donors (Lipinski definition) is 0. The molecule has 0 spiro atoms. The molecule has 0 aliphatic carbocycles. The summed E-state index contributed by atoms with van der Waals surface area (Å²) in [6.07, 6.45) is 4.15. The fourth-order valence-corrected chi connectivity index (χ4v) is 6.15. The molecule has 2 nitrogen and oxygen atoms in total. The van der Waals surface area contributed by atoms with Crippen molar-refractivity contribution in [1.29, 1.82) is 0 Å². The molecule has 4 rings (SSSR count). The van der Waals surface area contributed by atoms with Crippen LogP contribution >= 0.6 is 11.6 Å². The molecule has 0 amide bonds. The average Bonchev–Trinajstić information content (AvgIpc) is 3.38. The van der Waals surface area contributed by atoms with Gasteiger partial charge in [0.15, 0.2) is 0 Å². The highest BCUT2D eigenvalue weighted by atomic mass is 35.5. The van der Waals surface area contributed by atoms with Gasteiger partial charge in [-0.1, -0.05) is 68.6 Å². The molecule has 3 aromatic rings. The zero-order chi connectivity index (χ0) is 28.5. The van der Waals surface area contributed by atoms with E-state index in [4.69, 9.17) is 11.6 Å². The van der Waals surface area contributed by atoms with E-state index in [2.05, 4.69) is 31.6 Å². The molecule has 1 saturated heterocycles. The summed E-state index contributed by atoms with van der Waals surface area (Å²) in [5.41, 5.74) is 5.89. The van der Waals surface area contributed by atoms with Crippen LogP contribution in [0.1, 0.15) is 53.1 Å². The number of hydrogen-bond acceptors (Lipinski definition) is 2. The fraction of sp³-hybridized carbons (Fsp3) is 0.294. The Morgan fingerprint density at radius 2 is 1.79 bits per heavy atom. The first-order chi connectivity index (χ1) is 18.5.